The number of ether oxygens (including phenoxy) is 3. The van der Waals surface area contributed by atoms with Crippen molar-refractivity contribution in [2.24, 2.45) is 0 Å². The lowest BCUT2D eigenvalue weighted by atomic mass is 9.98. The lowest BCUT2D eigenvalue weighted by Crippen LogP contribution is -2.51. The molecule has 0 aliphatic carbocycles. The minimum atomic E-state index is -3.71. The Hall–Kier alpha value is -2.78. The molecular weight excluding hydrogens is 444 g/mol. The Labute approximate surface area is 196 Å². The van der Waals surface area contributed by atoms with E-state index in [-0.39, 0.29) is 30.5 Å². The molecule has 1 aliphatic heterocycles. The van der Waals surface area contributed by atoms with Crippen LogP contribution in [0.15, 0.2) is 47.4 Å². The molecule has 0 N–H and O–H groups in total. The number of nitrogens with zero attached hydrogens (tertiary/aromatic N) is 2. The molecule has 3 rings (SSSR count). The lowest BCUT2D eigenvalue weighted by Gasteiger charge is -2.34. The summed E-state index contributed by atoms with van der Waals surface area (Å²) in [6, 6.07) is 12.3. The van der Waals surface area contributed by atoms with Gasteiger partial charge in [0.1, 0.15) is 5.75 Å². The normalized spacial score (nSPS) is 15.7. The second-order valence-electron chi connectivity index (χ2n) is 7.94. The summed E-state index contributed by atoms with van der Waals surface area (Å²) in [5.74, 6) is 1.71. The molecule has 1 unspecified atom stereocenters. The zero-order chi connectivity index (χ0) is 24.0. The summed E-state index contributed by atoms with van der Waals surface area (Å²) < 4.78 is 43.8. The van der Waals surface area contributed by atoms with Gasteiger partial charge in [-0.1, -0.05) is 32.0 Å². The molecule has 0 radical (unpaired) electrons. The van der Waals surface area contributed by atoms with E-state index in [1.54, 1.807) is 11.0 Å². The van der Waals surface area contributed by atoms with E-state index in [0.717, 1.165) is 17.7 Å². The van der Waals surface area contributed by atoms with Crippen LogP contribution in [0.1, 0.15) is 31.7 Å². The van der Waals surface area contributed by atoms with Gasteiger partial charge in [0, 0.05) is 32.2 Å². The average molecular weight is 477 g/mol. The second kappa shape index (κ2) is 10.9. The van der Waals surface area contributed by atoms with Gasteiger partial charge >= 0.3 is 0 Å². The molecule has 33 heavy (non-hydrogen) atoms. The van der Waals surface area contributed by atoms with Crippen molar-refractivity contribution in [1.29, 1.82) is 0 Å². The summed E-state index contributed by atoms with van der Waals surface area (Å²) >= 11 is 0. The van der Waals surface area contributed by atoms with Crippen molar-refractivity contribution >= 4 is 15.9 Å². The van der Waals surface area contributed by atoms with Gasteiger partial charge in [-0.25, -0.2) is 8.42 Å². The third-order valence-corrected chi connectivity index (χ3v) is 7.89. The molecule has 0 spiro atoms. The molecule has 1 amide bonds. The first-order valence-electron chi connectivity index (χ1n) is 11.0. The maximum Gasteiger partial charge on any atom is 0.260 e. The molecule has 1 heterocycles. The summed E-state index contributed by atoms with van der Waals surface area (Å²) in [6.07, 6.45) is 0.977. The molecule has 1 fully saturated rings. The number of methoxy groups -OCH3 is 2. The van der Waals surface area contributed by atoms with Crippen LogP contribution in [0.3, 0.4) is 0 Å². The Bertz CT molecular complexity index is 1060. The Morgan fingerprint density at radius 3 is 2.27 bits per heavy atom. The van der Waals surface area contributed by atoms with Gasteiger partial charge in [0.05, 0.1) is 19.1 Å². The van der Waals surface area contributed by atoms with Crippen molar-refractivity contribution < 1.29 is 27.4 Å². The predicted octanol–water partition coefficient (Wildman–Crippen LogP) is 3.13. The van der Waals surface area contributed by atoms with Gasteiger partial charge in [-0.2, -0.15) is 4.31 Å². The number of amides is 1. The Morgan fingerprint density at radius 1 is 0.970 bits per heavy atom. The summed E-state index contributed by atoms with van der Waals surface area (Å²) in [7, 11) is -0.758. The zero-order valence-electron chi connectivity index (χ0n) is 19.6. The van der Waals surface area contributed by atoms with E-state index >= 15 is 0 Å². The third-order valence-electron chi connectivity index (χ3n) is 6.00. The van der Waals surface area contributed by atoms with Crippen LogP contribution in [0, 0.1) is 0 Å². The van der Waals surface area contributed by atoms with Crippen molar-refractivity contribution in [2.45, 2.75) is 31.1 Å². The first-order chi connectivity index (χ1) is 15.8. The molecule has 1 aliphatic rings. The minimum absolute atomic E-state index is 0.0735. The number of sulfonamides is 1. The molecule has 1 atom stereocenters. The predicted molar refractivity (Wildman–Crippen MR) is 126 cm³/mol. The largest absolute Gasteiger partial charge is 0.493 e. The van der Waals surface area contributed by atoms with Crippen LogP contribution >= 0.6 is 0 Å². The van der Waals surface area contributed by atoms with Gasteiger partial charge < -0.3 is 19.1 Å². The van der Waals surface area contributed by atoms with Crippen molar-refractivity contribution in [3.63, 3.8) is 0 Å². The van der Waals surface area contributed by atoms with Gasteiger partial charge in [0.25, 0.3) is 5.91 Å². The number of rotatable bonds is 9. The Morgan fingerprint density at radius 2 is 1.64 bits per heavy atom. The van der Waals surface area contributed by atoms with Gasteiger partial charge in [-0.05, 0) is 36.1 Å². The SMILES string of the molecule is CCC(C)c1ccccc1OCC(=O)N1CCN(S(=O)(=O)c2ccc(OC)c(OC)c2)CC1. The number of benzene rings is 2. The molecule has 0 saturated carbocycles. The average Bonchev–Trinajstić information content (AvgIpc) is 2.86. The number of piperazine rings is 1. The molecule has 2 aromatic carbocycles. The van der Waals surface area contributed by atoms with E-state index in [4.69, 9.17) is 14.2 Å². The Kier molecular flexibility index (Phi) is 8.20. The van der Waals surface area contributed by atoms with Gasteiger partial charge in [0.2, 0.25) is 10.0 Å². The smallest absolute Gasteiger partial charge is 0.260 e. The summed E-state index contributed by atoms with van der Waals surface area (Å²) in [5, 5.41) is 0. The fourth-order valence-corrected chi connectivity index (χ4v) is 5.21. The first kappa shape index (κ1) is 24.9. The number of carbonyl (C=O) groups excluding carboxylic acids is 1. The summed E-state index contributed by atoms with van der Waals surface area (Å²) in [5.41, 5.74) is 1.08. The van der Waals surface area contributed by atoms with E-state index in [2.05, 4.69) is 13.8 Å². The third kappa shape index (κ3) is 5.59. The highest BCUT2D eigenvalue weighted by atomic mass is 32.2. The van der Waals surface area contributed by atoms with Gasteiger partial charge in [-0.3, -0.25) is 4.79 Å². The van der Waals surface area contributed by atoms with Crippen LogP contribution in [-0.4, -0.2) is 70.5 Å². The molecule has 0 aromatic heterocycles. The maximum atomic E-state index is 13.1. The standard InChI is InChI=1S/C24H32N2O6S/c1-5-18(2)20-8-6-7-9-21(20)32-17-24(27)25-12-14-26(15-13-25)33(28,29)19-10-11-22(30-3)23(16-19)31-4/h6-11,16,18H,5,12-15,17H2,1-4H3. The molecule has 1 saturated heterocycles. The fourth-order valence-electron chi connectivity index (χ4n) is 3.77. The van der Waals surface area contributed by atoms with Crippen LogP contribution in [0.5, 0.6) is 17.2 Å². The maximum absolute atomic E-state index is 13.1. The van der Waals surface area contributed by atoms with E-state index in [9.17, 15) is 13.2 Å². The summed E-state index contributed by atoms with van der Waals surface area (Å²) in [4.78, 5) is 14.5. The number of hydrogen-bond acceptors (Lipinski definition) is 6. The van der Waals surface area contributed by atoms with E-state index < -0.39 is 10.0 Å². The van der Waals surface area contributed by atoms with Crippen LogP contribution < -0.4 is 14.2 Å². The highest BCUT2D eigenvalue weighted by Crippen LogP contribution is 2.31. The quantitative estimate of drug-likeness (QED) is 0.553. The Balaban J connectivity index is 1.60. The molecule has 180 valence electrons. The second-order valence-corrected chi connectivity index (χ2v) is 9.88. The zero-order valence-corrected chi connectivity index (χ0v) is 20.4. The van der Waals surface area contributed by atoms with Crippen molar-refractivity contribution in [1.82, 2.24) is 9.21 Å². The fraction of sp³-hybridized carbons (Fsp3) is 0.458. The molecule has 9 heteroatoms. The van der Waals surface area contributed by atoms with Crippen LogP contribution in [0.4, 0.5) is 0 Å². The molecule has 2 aromatic rings. The highest BCUT2D eigenvalue weighted by Gasteiger charge is 2.31. The topological polar surface area (TPSA) is 85.4 Å². The number of hydrogen-bond donors (Lipinski definition) is 0. The van der Waals surface area contributed by atoms with E-state index in [1.807, 2.05) is 24.3 Å². The number of para-hydroxylation sites is 1. The van der Waals surface area contributed by atoms with Crippen molar-refractivity contribution in [3.05, 3.63) is 48.0 Å². The van der Waals surface area contributed by atoms with Crippen molar-refractivity contribution in [3.8, 4) is 17.2 Å². The first-order valence-corrected chi connectivity index (χ1v) is 12.5. The van der Waals surface area contributed by atoms with Crippen LogP contribution in [0.2, 0.25) is 0 Å². The minimum Gasteiger partial charge on any atom is -0.493 e. The number of carbonyl (C=O) groups is 1. The van der Waals surface area contributed by atoms with E-state index in [0.29, 0.717) is 30.5 Å². The molecule has 8 nitrogen and oxygen atoms in total. The van der Waals surface area contributed by atoms with Gasteiger partial charge in [0.15, 0.2) is 18.1 Å². The highest BCUT2D eigenvalue weighted by molar-refractivity contribution is 7.89. The molecule has 0 bridgehead atoms. The molecular formula is C24H32N2O6S. The van der Waals surface area contributed by atoms with Crippen molar-refractivity contribution in [2.75, 3.05) is 47.0 Å². The monoisotopic (exact) mass is 476 g/mol. The van der Waals surface area contributed by atoms with Crippen LogP contribution in [-0.2, 0) is 14.8 Å². The summed E-state index contributed by atoms with van der Waals surface area (Å²) in [6.45, 7) is 5.21. The lowest BCUT2D eigenvalue weighted by molar-refractivity contribution is -0.134. The van der Waals surface area contributed by atoms with Crippen LogP contribution in [0.25, 0.3) is 0 Å². The van der Waals surface area contributed by atoms with Gasteiger partial charge in [-0.15, -0.1) is 0 Å². The van der Waals surface area contributed by atoms with E-state index in [1.165, 1.54) is 30.7 Å².